The fraction of sp³-hybridized carbons (Fsp3) is 0.571. The summed E-state index contributed by atoms with van der Waals surface area (Å²) >= 11 is 5.99. The van der Waals surface area contributed by atoms with Crippen molar-refractivity contribution in [3.63, 3.8) is 0 Å². The summed E-state index contributed by atoms with van der Waals surface area (Å²) in [6, 6.07) is 4.20. The topological polar surface area (TPSA) is 41.5 Å². The number of rotatable bonds is 8. The monoisotopic (exact) mass is 289 g/mol. The summed E-state index contributed by atoms with van der Waals surface area (Å²) in [7, 11) is 1.64. The predicted molar refractivity (Wildman–Crippen MR) is 75.1 cm³/mol. The molecule has 1 aromatic rings. The lowest BCUT2D eigenvalue weighted by atomic mass is 9.93. The van der Waals surface area contributed by atoms with Gasteiger partial charge in [-0.15, -0.1) is 0 Å². The van der Waals surface area contributed by atoms with Crippen LogP contribution in [0.3, 0.4) is 0 Å². The average Bonchev–Trinajstić information content (AvgIpc) is 2.33. The highest BCUT2D eigenvalue weighted by Crippen LogP contribution is 2.23. The van der Waals surface area contributed by atoms with E-state index in [1.807, 2.05) is 0 Å². The molecule has 0 heterocycles. The molecule has 0 radical (unpaired) electrons. The summed E-state index contributed by atoms with van der Waals surface area (Å²) < 4.78 is 18.1. The Hall–Kier alpha value is -0.680. The molecule has 0 saturated heterocycles. The van der Waals surface area contributed by atoms with Crippen LogP contribution in [0.4, 0.5) is 4.39 Å². The second-order valence-electron chi connectivity index (χ2n) is 4.90. The third-order valence-corrected chi connectivity index (χ3v) is 3.27. The van der Waals surface area contributed by atoms with Crippen molar-refractivity contribution in [3.8, 4) is 0 Å². The molecule has 0 spiro atoms. The lowest BCUT2D eigenvalue weighted by molar-refractivity contribution is 0.0510. The van der Waals surface area contributed by atoms with Gasteiger partial charge < -0.3 is 15.2 Å². The van der Waals surface area contributed by atoms with Crippen molar-refractivity contribution in [2.75, 3.05) is 26.8 Å². The largest absolute Gasteiger partial charge is 0.390 e. The van der Waals surface area contributed by atoms with Gasteiger partial charge in [-0.25, -0.2) is 4.39 Å². The van der Waals surface area contributed by atoms with Crippen LogP contribution in [0.25, 0.3) is 0 Å². The molecular formula is C14H21ClFNO2. The number of halogens is 2. The lowest BCUT2D eigenvalue weighted by Gasteiger charge is -2.24. The third kappa shape index (κ3) is 6.34. The number of aliphatic hydroxyl groups is 1. The first-order valence-corrected chi connectivity index (χ1v) is 6.68. The molecule has 0 aliphatic carbocycles. The zero-order valence-electron chi connectivity index (χ0n) is 11.4. The minimum Gasteiger partial charge on any atom is -0.390 e. The fourth-order valence-corrected chi connectivity index (χ4v) is 2.02. The van der Waals surface area contributed by atoms with Gasteiger partial charge in [0.2, 0.25) is 0 Å². The first-order chi connectivity index (χ1) is 8.94. The van der Waals surface area contributed by atoms with E-state index in [0.29, 0.717) is 36.6 Å². The second kappa shape index (κ2) is 7.80. The van der Waals surface area contributed by atoms with E-state index in [9.17, 15) is 9.50 Å². The summed E-state index contributed by atoms with van der Waals surface area (Å²) in [4.78, 5) is 0. The Morgan fingerprint density at radius 1 is 1.42 bits per heavy atom. The van der Waals surface area contributed by atoms with Gasteiger partial charge in [0.25, 0.3) is 0 Å². The second-order valence-corrected chi connectivity index (χ2v) is 5.31. The number of methoxy groups -OCH3 is 1. The summed E-state index contributed by atoms with van der Waals surface area (Å²) in [5.41, 5.74) is -0.291. The molecule has 1 aromatic carbocycles. The highest BCUT2D eigenvalue weighted by molar-refractivity contribution is 6.31. The van der Waals surface area contributed by atoms with Crippen molar-refractivity contribution >= 4 is 11.6 Å². The minimum absolute atomic E-state index is 0.329. The van der Waals surface area contributed by atoms with E-state index in [-0.39, 0.29) is 5.82 Å². The van der Waals surface area contributed by atoms with E-state index in [1.165, 1.54) is 18.2 Å². The first kappa shape index (κ1) is 16.4. The standard InChI is InChI=1S/C14H21ClFNO2/c1-14(18,5-6-17-7-8-19-2)10-11-9-12(16)3-4-13(11)15/h3-4,9,17-18H,5-8,10H2,1-2H3. The SMILES string of the molecule is COCCNCCC(C)(O)Cc1cc(F)ccc1Cl. The molecular weight excluding hydrogens is 269 g/mol. The number of nitrogens with one attached hydrogen (secondary N) is 1. The molecule has 1 unspecified atom stereocenters. The van der Waals surface area contributed by atoms with E-state index >= 15 is 0 Å². The number of ether oxygens (including phenoxy) is 1. The van der Waals surface area contributed by atoms with Crippen LogP contribution in [-0.2, 0) is 11.2 Å². The molecule has 0 aliphatic heterocycles. The molecule has 0 amide bonds. The number of hydrogen-bond acceptors (Lipinski definition) is 3. The van der Waals surface area contributed by atoms with Crippen LogP contribution in [0.15, 0.2) is 18.2 Å². The molecule has 19 heavy (non-hydrogen) atoms. The summed E-state index contributed by atoms with van der Waals surface area (Å²) in [5.74, 6) is -0.339. The average molecular weight is 290 g/mol. The van der Waals surface area contributed by atoms with Gasteiger partial charge in [0.1, 0.15) is 5.82 Å². The van der Waals surface area contributed by atoms with Gasteiger partial charge in [0, 0.05) is 25.1 Å². The maximum Gasteiger partial charge on any atom is 0.123 e. The van der Waals surface area contributed by atoms with Gasteiger partial charge in [0.05, 0.1) is 12.2 Å². The Morgan fingerprint density at radius 2 is 2.16 bits per heavy atom. The van der Waals surface area contributed by atoms with Gasteiger partial charge in [-0.1, -0.05) is 11.6 Å². The first-order valence-electron chi connectivity index (χ1n) is 6.30. The van der Waals surface area contributed by atoms with Crippen LogP contribution in [0.1, 0.15) is 18.9 Å². The molecule has 2 N–H and O–H groups in total. The van der Waals surface area contributed by atoms with E-state index < -0.39 is 5.60 Å². The maximum atomic E-state index is 13.1. The van der Waals surface area contributed by atoms with Gasteiger partial charge >= 0.3 is 0 Å². The normalized spacial score (nSPS) is 14.4. The fourth-order valence-electron chi connectivity index (χ4n) is 1.83. The Balaban J connectivity index is 2.46. The van der Waals surface area contributed by atoms with Crippen molar-refractivity contribution in [1.29, 1.82) is 0 Å². The maximum absolute atomic E-state index is 13.1. The Bertz CT molecular complexity index is 399. The van der Waals surface area contributed by atoms with E-state index in [4.69, 9.17) is 16.3 Å². The Kier molecular flexibility index (Phi) is 6.72. The van der Waals surface area contributed by atoms with Gasteiger partial charge in [-0.2, -0.15) is 0 Å². The Morgan fingerprint density at radius 3 is 2.84 bits per heavy atom. The van der Waals surface area contributed by atoms with Gasteiger partial charge in [-0.05, 0) is 43.7 Å². The number of benzene rings is 1. The molecule has 0 aromatic heterocycles. The van der Waals surface area contributed by atoms with Crippen LogP contribution in [-0.4, -0.2) is 37.5 Å². The van der Waals surface area contributed by atoms with Crippen molar-refractivity contribution in [3.05, 3.63) is 34.6 Å². The van der Waals surface area contributed by atoms with Crippen molar-refractivity contribution < 1.29 is 14.2 Å². The van der Waals surface area contributed by atoms with E-state index in [0.717, 1.165) is 6.54 Å². The third-order valence-electron chi connectivity index (χ3n) is 2.90. The summed E-state index contributed by atoms with van der Waals surface area (Å²) in [6.07, 6.45) is 0.888. The van der Waals surface area contributed by atoms with Crippen LogP contribution in [0.2, 0.25) is 5.02 Å². The van der Waals surface area contributed by atoms with Crippen LogP contribution in [0, 0.1) is 5.82 Å². The van der Waals surface area contributed by atoms with Crippen molar-refractivity contribution in [2.45, 2.75) is 25.4 Å². The minimum atomic E-state index is -0.919. The van der Waals surface area contributed by atoms with Gasteiger partial charge in [-0.3, -0.25) is 0 Å². The highest BCUT2D eigenvalue weighted by Gasteiger charge is 2.22. The van der Waals surface area contributed by atoms with E-state index in [2.05, 4.69) is 5.32 Å². The molecule has 5 heteroatoms. The molecule has 1 rings (SSSR count). The molecule has 0 aliphatic rings. The molecule has 0 fully saturated rings. The van der Waals surface area contributed by atoms with Crippen LogP contribution in [0.5, 0.6) is 0 Å². The lowest BCUT2D eigenvalue weighted by Crippen LogP contribution is -2.33. The molecule has 0 saturated carbocycles. The summed E-state index contributed by atoms with van der Waals surface area (Å²) in [5, 5.41) is 13.9. The zero-order chi connectivity index (χ0) is 14.3. The molecule has 0 bridgehead atoms. The molecule has 1 atom stereocenters. The van der Waals surface area contributed by atoms with Gasteiger partial charge in [0.15, 0.2) is 0 Å². The van der Waals surface area contributed by atoms with Crippen LogP contribution >= 0.6 is 11.6 Å². The Labute approximate surface area is 118 Å². The van der Waals surface area contributed by atoms with Crippen molar-refractivity contribution in [2.24, 2.45) is 0 Å². The van der Waals surface area contributed by atoms with E-state index in [1.54, 1.807) is 14.0 Å². The quantitative estimate of drug-likeness (QED) is 0.722. The summed E-state index contributed by atoms with van der Waals surface area (Å²) in [6.45, 7) is 3.78. The molecule has 108 valence electrons. The van der Waals surface area contributed by atoms with Crippen molar-refractivity contribution in [1.82, 2.24) is 5.32 Å². The zero-order valence-corrected chi connectivity index (χ0v) is 12.1. The number of hydrogen-bond donors (Lipinski definition) is 2. The highest BCUT2D eigenvalue weighted by atomic mass is 35.5. The molecule has 3 nitrogen and oxygen atoms in total. The van der Waals surface area contributed by atoms with Crippen LogP contribution < -0.4 is 5.32 Å². The smallest absolute Gasteiger partial charge is 0.123 e. The predicted octanol–water partition coefficient (Wildman–Crippen LogP) is 2.40.